The fourth-order valence-corrected chi connectivity index (χ4v) is 4.60. The summed E-state index contributed by atoms with van der Waals surface area (Å²) in [7, 11) is 0. The van der Waals surface area contributed by atoms with Crippen LogP contribution in [-0.2, 0) is 4.79 Å². The molecular formula is C27H29N7O2. The van der Waals surface area contributed by atoms with E-state index in [9.17, 15) is 9.59 Å². The first-order chi connectivity index (χ1) is 17.5. The van der Waals surface area contributed by atoms with Gasteiger partial charge in [-0.3, -0.25) is 9.59 Å². The highest BCUT2D eigenvalue weighted by atomic mass is 16.2. The van der Waals surface area contributed by atoms with Crippen molar-refractivity contribution in [2.75, 3.05) is 11.9 Å². The number of amides is 2. The molecule has 5 rings (SSSR count). The summed E-state index contributed by atoms with van der Waals surface area (Å²) in [5, 5.41) is 18.2. The van der Waals surface area contributed by atoms with Gasteiger partial charge in [-0.05, 0) is 68.6 Å². The zero-order valence-corrected chi connectivity index (χ0v) is 20.4. The maximum atomic E-state index is 13.4. The van der Waals surface area contributed by atoms with Gasteiger partial charge in [-0.2, -0.15) is 0 Å². The van der Waals surface area contributed by atoms with Crippen molar-refractivity contribution in [3.05, 3.63) is 77.6 Å². The van der Waals surface area contributed by atoms with Gasteiger partial charge >= 0.3 is 0 Å². The number of fused-ring (bicyclic) bond motifs is 1. The topological polar surface area (TPSA) is 114 Å². The number of rotatable bonds is 6. The molecule has 2 aromatic heterocycles. The number of anilines is 1. The van der Waals surface area contributed by atoms with Gasteiger partial charge in [-0.15, -0.1) is 5.10 Å². The number of para-hydroxylation sites is 1. The molecule has 0 bridgehead atoms. The van der Waals surface area contributed by atoms with E-state index < -0.39 is 0 Å². The van der Waals surface area contributed by atoms with Crippen molar-refractivity contribution >= 4 is 28.4 Å². The van der Waals surface area contributed by atoms with E-state index in [2.05, 4.69) is 26.3 Å². The molecule has 3 N–H and O–H groups in total. The van der Waals surface area contributed by atoms with Gasteiger partial charge in [0, 0.05) is 16.6 Å². The quantitative estimate of drug-likeness (QED) is 0.385. The first-order valence-electron chi connectivity index (χ1n) is 12.2. The van der Waals surface area contributed by atoms with Gasteiger partial charge in [0.25, 0.3) is 5.91 Å². The van der Waals surface area contributed by atoms with Gasteiger partial charge in [0.15, 0.2) is 5.82 Å². The maximum absolute atomic E-state index is 13.4. The average Bonchev–Trinajstić information content (AvgIpc) is 3.45. The molecule has 0 unspecified atom stereocenters. The Labute approximate surface area is 209 Å². The fourth-order valence-electron chi connectivity index (χ4n) is 4.60. The average molecular weight is 484 g/mol. The molecule has 1 aliphatic rings. The second-order valence-corrected chi connectivity index (χ2v) is 9.15. The van der Waals surface area contributed by atoms with Gasteiger partial charge in [0.2, 0.25) is 5.91 Å². The maximum Gasteiger partial charge on any atom is 0.252 e. The number of nitrogens with zero attached hydrogens (tertiary/aromatic N) is 4. The van der Waals surface area contributed by atoms with Crippen LogP contribution in [-0.4, -0.2) is 44.4 Å². The predicted octanol–water partition coefficient (Wildman–Crippen LogP) is 3.70. The molecule has 2 aromatic carbocycles. The van der Waals surface area contributed by atoms with Crippen LogP contribution in [0.15, 0.2) is 60.9 Å². The number of benzene rings is 2. The highest BCUT2D eigenvalue weighted by Crippen LogP contribution is 2.26. The zero-order chi connectivity index (χ0) is 25.1. The van der Waals surface area contributed by atoms with Crippen LogP contribution >= 0.6 is 0 Å². The molecule has 9 nitrogen and oxygen atoms in total. The Kier molecular flexibility index (Phi) is 6.73. The number of piperidine rings is 1. The Hall–Kier alpha value is -4.11. The molecule has 0 radical (unpaired) electrons. The number of carbonyl (C=O) groups is 2. The monoisotopic (exact) mass is 483 g/mol. The van der Waals surface area contributed by atoms with E-state index in [1.807, 2.05) is 56.3 Å². The van der Waals surface area contributed by atoms with Crippen LogP contribution in [0.1, 0.15) is 53.7 Å². The normalized spacial score (nSPS) is 16.4. The van der Waals surface area contributed by atoms with E-state index in [1.54, 1.807) is 23.1 Å². The lowest BCUT2D eigenvalue weighted by Crippen LogP contribution is -2.43. The van der Waals surface area contributed by atoms with Crippen molar-refractivity contribution in [2.45, 2.75) is 45.2 Å². The lowest BCUT2D eigenvalue weighted by atomic mass is 10.0. The number of pyridine rings is 1. The summed E-state index contributed by atoms with van der Waals surface area (Å²) in [5.74, 6) is 0.344. The van der Waals surface area contributed by atoms with Gasteiger partial charge in [-0.25, -0.2) is 9.67 Å². The smallest absolute Gasteiger partial charge is 0.252 e. The number of aryl methyl sites for hydroxylation is 1. The summed E-state index contributed by atoms with van der Waals surface area (Å²) in [6, 6.07) is 14.6. The number of nitrogens with one attached hydrogen (secondary N) is 3. The molecule has 1 fully saturated rings. The molecule has 2 atom stereocenters. The van der Waals surface area contributed by atoms with Gasteiger partial charge < -0.3 is 16.0 Å². The molecule has 3 heterocycles. The van der Waals surface area contributed by atoms with Crippen molar-refractivity contribution in [2.24, 2.45) is 0 Å². The highest BCUT2D eigenvalue weighted by Gasteiger charge is 2.22. The largest absolute Gasteiger partial charge is 0.345 e. The molecule has 0 spiro atoms. The third-order valence-corrected chi connectivity index (χ3v) is 6.58. The number of carbonyl (C=O) groups excluding carboxylic acids is 2. The van der Waals surface area contributed by atoms with Gasteiger partial charge in [-0.1, -0.05) is 35.9 Å². The summed E-state index contributed by atoms with van der Waals surface area (Å²) in [6.07, 6.45) is 6.27. The van der Waals surface area contributed by atoms with Crippen LogP contribution in [0.2, 0.25) is 0 Å². The first kappa shape index (κ1) is 23.6. The van der Waals surface area contributed by atoms with Crippen LogP contribution in [0.5, 0.6) is 0 Å². The second kappa shape index (κ2) is 10.2. The summed E-state index contributed by atoms with van der Waals surface area (Å²) in [4.78, 5) is 30.7. The first-order valence-corrected chi connectivity index (χ1v) is 12.2. The van der Waals surface area contributed by atoms with Crippen LogP contribution in [0, 0.1) is 6.92 Å². The molecular weight excluding hydrogens is 454 g/mol. The van der Waals surface area contributed by atoms with Crippen molar-refractivity contribution in [3.8, 4) is 5.82 Å². The Morgan fingerprint density at radius 3 is 2.78 bits per heavy atom. The Bertz CT molecular complexity index is 1390. The Balaban J connectivity index is 1.38. The number of aromatic nitrogens is 4. The van der Waals surface area contributed by atoms with Crippen LogP contribution in [0.25, 0.3) is 16.7 Å². The van der Waals surface area contributed by atoms with Crippen LogP contribution in [0.3, 0.4) is 0 Å². The van der Waals surface area contributed by atoms with Crippen molar-refractivity contribution in [1.29, 1.82) is 0 Å². The molecule has 0 saturated carbocycles. The summed E-state index contributed by atoms with van der Waals surface area (Å²) < 4.78 is 1.60. The number of hydrogen-bond donors (Lipinski definition) is 3. The second-order valence-electron chi connectivity index (χ2n) is 9.15. The highest BCUT2D eigenvalue weighted by molar-refractivity contribution is 6.00. The summed E-state index contributed by atoms with van der Waals surface area (Å²) in [5.41, 5.74) is 3.69. The number of hydrogen-bond acceptors (Lipinski definition) is 6. The molecule has 1 saturated heterocycles. The summed E-state index contributed by atoms with van der Waals surface area (Å²) >= 11 is 0. The molecule has 1 aliphatic heterocycles. The Morgan fingerprint density at radius 1 is 1.14 bits per heavy atom. The van der Waals surface area contributed by atoms with Crippen molar-refractivity contribution in [1.82, 2.24) is 30.6 Å². The third kappa shape index (κ3) is 4.96. The molecule has 184 valence electrons. The van der Waals surface area contributed by atoms with E-state index in [4.69, 9.17) is 4.98 Å². The minimum Gasteiger partial charge on any atom is -0.345 e. The van der Waals surface area contributed by atoms with Crippen molar-refractivity contribution < 1.29 is 9.59 Å². The minimum atomic E-state index is -0.309. The molecule has 9 heteroatoms. The fraction of sp³-hybridized carbons (Fsp3) is 0.296. The standard InChI is InChI=1S/C27H29N7O2/c1-17-10-11-19(31-27(36)24-9-5-6-12-28-24)15-21(17)26(35)30-18(2)22-16-25(34-14-13-29-33-34)32-23-8-4-3-7-20(22)23/h3-4,7-8,10-11,13-16,18,24,28H,5-6,9,12H2,1-2H3,(H,30,35)(H,31,36)/t18-,24-/m1/s1. The Morgan fingerprint density at radius 2 is 2.00 bits per heavy atom. The lowest BCUT2D eigenvalue weighted by Gasteiger charge is -2.23. The van der Waals surface area contributed by atoms with E-state index in [0.717, 1.165) is 47.8 Å². The molecule has 0 aliphatic carbocycles. The van der Waals surface area contributed by atoms with Crippen molar-refractivity contribution in [3.63, 3.8) is 0 Å². The van der Waals surface area contributed by atoms with E-state index in [1.165, 1.54) is 0 Å². The van der Waals surface area contributed by atoms with E-state index >= 15 is 0 Å². The van der Waals surface area contributed by atoms with Crippen LogP contribution in [0.4, 0.5) is 5.69 Å². The zero-order valence-electron chi connectivity index (χ0n) is 20.4. The van der Waals surface area contributed by atoms with Gasteiger partial charge in [0.05, 0.1) is 30.0 Å². The third-order valence-electron chi connectivity index (χ3n) is 6.58. The SMILES string of the molecule is Cc1ccc(NC(=O)[C@H]2CCCCN2)cc1C(=O)N[C@H](C)c1cc(-n2ccnn2)nc2ccccc12. The molecule has 4 aromatic rings. The lowest BCUT2D eigenvalue weighted by molar-refractivity contribution is -0.118. The van der Waals surface area contributed by atoms with Crippen LogP contribution < -0.4 is 16.0 Å². The van der Waals surface area contributed by atoms with E-state index in [-0.39, 0.29) is 23.9 Å². The predicted molar refractivity (Wildman–Crippen MR) is 138 cm³/mol. The summed E-state index contributed by atoms with van der Waals surface area (Å²) in [6.45, 7) is 4.68. The van der Waals surface area contributed by atoms with Gasteiger partial charge in [0.1, 0.15) is 0 Å². The molecule has 36 heavy (non-hydrogen) atoms. The minimum absolute atomic E-state index is 0.0674. The molecule has 2 amide bonds. The van der Waals surface area contributed by atoms with E-state index in [0.29, 0.717) is 17.1 Å².